The molecule has 5 heteroatoms. The molecule has 0 spiro atoms. The molecular weight excluding hydrogens is 347 g/mol. The maximum Gasteiger partial charge on any atom is 0.0563 e. The average Bonchev–Trinajstić information content (AvgIpc) is 1.62. The summed E-state index contributed by atoms with van der Waals surface area (Å²) in [7, 11) is 0. The van der Waals surface area contributed by atoms with Gasteiger partial charge in [0.2, 0.25) is 0 Å². The smallest absolute Gasteiger partial charge is 0.0563 e. The van der Waals surface area contributed by atoms with Gasteiger partial charge in [-0.2, -0.15) is 0 Å². The molecule has 0 aromatic heterocycles. The first-order valence-electron chi connectivity index (χ1n) is 6.89. The Balaban J connectivity index is -0.0000000533. The molecule has 4 N–H and O–H groups in total. The molecule has 4 nitrogen and oxygen atoms in total. The minimum absolute atomic E-state index is 0. The Hall–Kier alpha value is 0.723. The largest absolute Gasteiger partial charge is 0.391 e. The molecule has 0 heterocycles. The molecule has 0 aromatic rings. The van der Waals surface area contributed by atoms with Crippen LogP contribution in [-0.2, 0) is 26.2 Å². The van der Waals surface area contributed by atoms with Crippen molar-refractivity contribution in [3.05, 3.63) is 0 Å². The zero-order valence-electron chi connectivity index (χ0n) is 16.3. The minimum Gasteiger partial charge on any atom is -0.391 e. The van der Waals surface area contributed by atoms with Crippen molar-refractivity contribution in [3.8, 4) is 0 Å². The maximum absolute atomic E-state index is 8.52. The van der Waals surface area contributed by atoms with Gasteiger partial charge < -0.3 is 20.4 Å². The summed E-state index contributed by atoms with van der Waals surface area (Å²) in [5.41, 5.74) is -2.00. The van der Waals surface area contributed by atoms with E-state index in [1.807, 2.05) is 0 Å². The van der Waals surface area contributed by atoms with Gasteiger partial charge in [0.25, 0.3) is 0 Å². The van der Waals surface area contributed by atoms with Crippen LogP contribution >= 0.6 is 0 Å². The van der Waals surface area contributed by atoms with Crippen LogP contribution in [-0.4, -0.2) is 42.8 Å². The Kier molecular flexibility index (Phi) is 20.9. The average molecular weight is 388 g/mol. The van der Waals surface area contributed by atoms with Gasteiger partial charge in [0, 0.05) is 26.2 Å². The SMILES string of the molecule is CC(C)(C)O.CC(C)(C)O.CC(C)(C)O.CC(C)(C)O.[Zr]. The summed E-state index contributed by atoms with van der Waals surface area (Å²) in [6.45, 7) is 20.9. The van der Waals surface area contributed by atoms with Crippen LogP contribution in [0.2, 0.25) is 0 Å². The van der Waals surface area contributed by atoms with Crippen LogP contribution in [0.1, 0.15) is 83.1 Å². The summed E-state index contributed by atoms with van der Waals surface area (Å²) in [6.07, 6.45) is 0. The van der Waals surface area contributed by atoms with Crippen LogP contribution in [0.25, 0.3) is 0 Å². The molecule has 0 aromatic carbocycles. The summed E-state index contributed by atoms with van der Waals surface area (Å²) in [6, 6.07) is 0. The van der Waals surface area contributed by atoms with Crippen molar-refractivity contribution >= 4 is 0 Å². The van der Waals surface area contributed by atoms with Crippen molar-refractivity contribution in [2.75, 3.05) is 0 Å². The molecule has 0 aliphatic heterocycles. The molecule has 0 atom stereocenters. The fourth-order valence-corrected chi connectivity index (χ4v) is 0. The summed E-state index contributed by atoms with van der Waals surface area (Å²) >= 11 is 0. The first kappa shape index (κ1) is 33.4. The fourth-order valence-electron chi connectivity index (χ4n) is 0. The molecule has 21 heavy (non-hydrogen) atoms. The first-order chi connectivity index (χ1) is 8.00. The summed E-state index contributed by atoms with van der Waals surface area (Å²) in [4.78, 5) is 0. The fraction of sp³-hybridized carbons (Fsp3) is 1.00. The number of rotatable bonds is 0. The van der Waals surface area contributed by atoms with E-state index < -0.39 is 22.4 Å². The molecule has 0 amide bonds. The van der Waals surface area contributed by atoms with Crippen molar-refractivity contribution in [1.82, 2.24) is 0 Å². The van der Waals surface area contributed by atoms with E-state index in [9.17, 15) is 0 Å². The molecule has 132 valence electrons. The zero-order chi connectivity index (χ0) is 18.0. The molecule has 0 radical (unpaired) electrons. The Morgan fingerprint density at radius 3 is 0.333 bits per heavy atom. The maximum atomic E-state index is 8.52. The topological polar surface area (TPSA) is 80.9 Å². The Morgan fingerprint density at radius 1 is 0.333 bits per heavy atom. The van der Waals surface area contributed by atoms with Crippen LogP contribution in [0.5, 0.6) is 0 Å². The third-order valence-corrected chi connectivity index (χ3v) is 0. The van der Waals surface area contributed by atoms with Gasteiger partial charge in [-0.1, -0.05) is 0 Å². The van der Waals surface area contributed by atoms with Crippen molar-refractivity contribution in [2.45, 2.75) is 105 Å². The second-order valence-electron chi connectivity index (χ2n) is 8.68. The predicted molar refractivity (Wildman–Crippen MR) is 87.9 cm³/mol. The van der Waals surface area contributed by atoms with Crippen LogP contribution in [0.15, 0.2) is 0 Å². The van der Waals surface area contributed by atoms with E-state index in [0.29, 0.717) is 0 Å². The van der Waals surface area contributed by atoms with Crippen LogP contribution in [0.3, 0.4) is 0 Å². The quantitative estimate of drug-likeness (QED) is 0.515. The van der Waals surface area contributed by atoms with Crippen LogP contribution in [0.4, 0.5) is 0 Å². The third-order valence-electron chi connectivity index (χ3n) is 0. The number of hydrogen-bond donors (Lipinski definition) is 4. The van der Waals surface area contributed by atoms with E-state index in [1.165, 1.54) is 0 Å². The second-order valence-corrected chi connectivity index (χ2v) is 8.68. The van der Waals surface area contributed by atoms with Gasteiger partial charge in [-0.15, -0.1) is 0 Å². The monoisotopic (exact) mass is 386 g/mol. The molecule has 0 aliphatic carbocycles. The van der Waals surface area contributed by atoms with E-state index >= 15 is 0 Å². The van der Waals surface area contributed by atoms with Gasteiger partial charge in [0.1, 0.15) is 0 Å². The van der Waals surface area contributed by atoms with Gasteiger partial charge in [-0.05, 0) is 83.1 Å². The van der Waals surface area contributed by atoms with Gasteiger partial charge in [-0.25, -0.2) is 0 Å². The normalized spacial score (nSPS) is 11.4. The molecule has 0 saturated carbocycles. The standard InChI is InChI=1S/4C4H10O.Zr/c4*1-4(2,3)5;/h4*5H,1-3H3;. The number of aliphatic hydroxyl groups is 4. The molecule has 0 bridgehead atoms. The zero-order valence-corrected chi connectivity index (χ0v) is 18.7. The van der Waals surface area contributed by atoms with Crippen LogP contribution < -0.4 is 0 Å². The van der Waals surface area contributed by atoms with Gasteiger partial charge in [0.05, 0.1) is 22.4 Å². The van der Waals surface area contributed by atoms with Gasteiger partial charge in [0.15, 0.2) is 0 Å². The van der Waals surface area contributed by atoms with E-state index in [1.54, 1.807) is 83.1 Å². The molecule has 0 aliphatic rings. The second kappa shape index (κ2) is 13.2. The molecular formula is C16H40O4Zr. The van der Waals surface area contributed by atoms with Crippen molar-refractivity contribution in [3.63, 3.8) is 0 Å². The molecule has 0 saturated heterocycles. The predicted octanol–water partition coefficient (Wildman–Crippen LogP) is 3.11. The molecule has 0 unspecified atom stereocenters. The van der Waals surface area contributed by atoms with E-state index in [0.717, 1.165) is 0 Å². The van der Waals surface area contributed by atoms with Gasteiger partial charge in [-0.3, -0.25) is 0 Å². The Bertz CT molecular complexity index is 130. The van der Waals surface area contributed by atoms with Gasteiger partial charge >= 0.3 is 0 Å². The van der Waals surface area contributed by atoms with Crippen molar-refractivity contribution in [1.29, 1.82) is 0 Å². The molecule has 0 fully saturated rings. The Labute approximate surface area is 152 Å². The van der Waals surface area contributed by atoms with Crippen LogP contribution in [0, 0.1) is 0 Å². The summed E-state index contributed by atoms with van der Waals surface area (Å²) < 4.78 is 0. The third kappa shape index (κ3) is 13900. The van der Waals surface area contributed by atoms with E-state index in [-0.39, 0.29) is 26.2 Å². The van der Waals surface area contributed by atoms with E-state index in [2.05, 4.69) is 0 Å². The van der Waals surface area contributed by atoms with E-state index in [4.69, 9.17) is 20.4 Å². The minimum atomic E-state index is -0.500. The summed E-state index contributed by atoms with van der Waals surface area (Å²) in [5.74, 6) is 0. The first-order valence-corrected chi connectivity index (χ1v) is 6.89. The Morgan fingerprint density at radius 2 is 0.333 bits per heavy atom. The number of hydrogen-bond acceptors (Lipinski definition) is 4. The molecule has 0 rings (SSSR count). The van der Waals surface area contributed by atoms with Crippen molar-refractivity contribution in [2.24, 2.45) is 0 Å². The van der Waals surface area contributed by atoms with Crippen molar-refractivity contribution < 1.29 is 46.6 Å². The summed E-state index contributed by atoms with van der Waals surface area (Å²) in [5, 5.41) is 34.1.